The number of pyridine rings is 1. The van der Waals surface area contributed by atoms with Gasteiger partial charge in [-0.05, 0) is 13.1 Å². The van der Waals surface area contributed by atoms with Crippen LogP contribution in [0.3, 0.4) is 0 Å². The van der Waals surface area contributed by atoms with Crippen LogP contribution in [0.4, 0.5) is 0 Å². The van der Waals surface area contributed by atoms with Gasteiger partial charge < -0.3 is 19.1 Å². The van der Waals surface area contributed by atoms with Crippen molar-refractivity contribution in [2.45, 2.75) is 12.6 Å². The van der Waals surface area contributed by atoms with Crippen molar-refractivity contribution in [3.63, 3.8) is 0 Å². The van der Waals surface area contributed by atoms with Crippen LogP contribution in [-0.4, -0.2) is 51.8 Å². The second kappa shape index (κ2) is 7.10. The second-order valence-electron chi connectivity index (χ2n) is 5.06. The fourth-order valence-corrected chi connectivity index (χ4v) is 2.34. The summed E-state index contributed by atoms with van der Waals surface area (Å²) in [5.41, 5.74) is 0.456. The standard InChI is InChI=1S/C15H20N4O4/c1-18-8-7-16-11(18)9-19(2)13(15(20)21)10-5-6-12(22-3)17-14(10)23-4/h5-8,13H,9H2,1-4H3,(H,20,21)/t13-/m1/s1. The van der Waals surface area contributed by atoms with Gasteiger partial charge in [0.1, 0.15) is 11.9 Å². The lowest BCUT2D eigenvalue weighted by Crippen LogP contribution is -2.31. The predicted octanol–water partition coefficient (Wildman–Crippen LogP) is 1.09. The number of hydrogen-bond donors (Lipinski definition) is 1. The number of aryl methyl sites for hydroxylation is 1. The highest BCUT2D eigenvalue weighted by molar-refractivity contribution is 5.76. The Balaban J connectivity index is 2.34. The van der Waals surface area contributed by atoms with Crippen molar-refractivity contribution < 1.29 is 19.4 Å². The second-order valence-corrected chi connectivity index (χ2v) is 5.06. The van der Waals surface area contributed by atoms with Gasteiger partial charge in [-0.15, -0.1) is 0 Å². The third kappa shape index (κ3) is 3.59. The van der Waals surface area contributed by atoms with Crippen LogP contribution in [0, 0.1) is 0 Å². The number of aliphatic carboxylic acids is 1. The molecule has 23 heavy (non-hydrogen) atoms. The number of carboxylic acid groups (broad SMARTS) is 1. The van der Waals surface area contributed by atoms with Crippen molar-refractivity contribution in [3.05, 3.63) is 35.9 Å². The molecule has 0 aliphatic carbocycles. The van der Waals surface area contributed by atoms with E-state index >= 15 is 0 Å². The number of rotatable bonds is 7. The van der Waals surface area contributed by atoms with Crippen LogP contribution < -0.4 is 9.47 Å². The molecule has 2 rings (SSSR count). The van der Waals surface area contributed by atoms with E-state index in [1.54, 1.807) is 30.3 Å². The summed E-state index contributed by atoms with van der Waals surface area (Å²) in [6, 6.07) is 2.35. The van der Waals surface area contributed by atoms with E-state index < -0.39 is 12.0 Å². The maximum absolute atomic E-state index is 11.8. The van der Waals surface area contributed by atoms with Gasteiger partial charge in [0, 0.05) is 31.1 Å². The van der Waals surface area contributed by atoms with E-state index in [2.05, 4.69) is 9.97 Å². The Labute approximate surface area is 134 Å². The molecule has 124 valence electrons. The molecule has 8 heteroatoms. The minimum Gasteiger partial charge on any atom is -0.481 e. The van der Waals surface area contributed by atoms with Crippen molar-refractivity contribution in [2.75, 3.05) is 21.3 Å². The largest absolute Gasteiger partial charge is 0.481 e. The number of imidazole rings is 1. The van der Waals surface area contributed by atoms with Crippen molar-refractivity contribution in [1.29, 1.82) is 0 Å². The first-order chi connectivity index (χ1) is 11.0. The summed E-state index contributed by atoms with van der Waals surface area (Å²) in [6.07, 6.45) is 3.49. The maximum atomic E-state index is 11.8. The van der Waals surface area contributed by atoms with Gasteiger partial charge in [-0.3, -0.25) is 9.69 Å². The molecular weight excluding hydrogens is 300 g/mol. The van der Waals surface area contributed by atoms with E-state index in [9.17, 15) is 9.90 Å². The average molecular weight is 320 g/mol. The number of likely N-dealkylation sites (N-methyl/N-ethyl adjacent to an activating group) is 1. The molecule has 0 saturated carbocycles. The highest BCUT2D eigenvalue weighted by Gasteiger charge is 2.29. The van der Waals surface area contributed by atoms with Gasteiger partial charge >= 0.3 is 5.97 Å². The zero-order valence-corrected chi connectivity index (χ0v) is 13.6. The molecule has 0 aliphatic rings. The van der Waals surface area contributed by atoms with Gasteiger partial charge in [0.15, 0.2) is 0 Å². The predicted molar refractivity (Wildman–Crippen MR) is 82.4 cm³/mol. The van der Waals surface area contributed by atoms with Crippen molar-refractivity contribution in [2.24, 2.45) is 7.05 Å². The van der Waals surface area contributed by atoms with Crippen molar-refractivity contribution >= 4 is 5.97 Å². The van der Waals surface area contributed by atoms with Gasteiger partial charge in [0.05, 0.1) is 20.8 Å². The molecule has 1 N–H and O–H groups in total. The molecule has 2 aromatic rings. The first kappa shape index (κ1) is 16.8. The van der Waals surface area contributed by atoms with Crippen LogP contribution in [0.1, 0.15) is 17.4 Å². The lowest BCUT2D eigenvalue weighted by atomic mass is 10.1. The highest BCUT2D eigenvalue weighted by atomic mass is 16.5. The molecule has 2 heterocycles. The summed E-state index contributed by atoms with van der Waals surface area (Å²) < 4.78 is 12.1. The Hall–Kier alpha value is -2.61. The van der Waals surface area contributed by atoms with Gasteiger partial charge in [-0.25, -0.2) is 4.98 Å². The number of hydrogen-bond acceptors (Lipinski definition) is 6. The molecule has 0 bridgehead atoms. The quantitative estimate of drug-likeness (QED) is 0.816. The molecule has 0 amide bonds. The third-order valence-corrected chi connectivity index (χ3v) is 3.55. The summed E-state index contributed by atoms with van der Waals surface area (Å²) in [6.45, 7) is 0.371. The summed E-state index contributed by atoms with van der Waals surface area (Å²) >= 11 is 0. The normalized spacial score (nSPS) is 12.2. The van der Waals surface area contributed by atoms with Gasteiger partial charge in [-0.1, -0.05) is 0 Å². The Bertz CT molecular complexity index is 686. The highest BCUT2D eigenvalue weighted by Crippen LogP contribution is 2.30. The first-order valence-electron chi connectivity index (χ1n) is 6.96. The number of carbonyl (C=O) groups is 1. The summed E-state index contributed by atoms with van der Waals surface area (Å²) in [5, 5.41) is 9.66. The van der Waals surface area contributed by atoms with Gasteiger partial charge in [-0.2, -0.15) is 4.98 Å². The lowest BCUT2D eigenvalue weighted by Gasteiger charge is -2.25. The molecule has 0 spiro atoms. The zero-order chi connectivity index (χ0) is 17.0. The molecule has 8 nitrogen and oxygen atoms in total. The molecular formula is C15H20N4O4. The minimum absolute atomic E-state index is 0.225. The van der Waals surface area contributed by atoms with Crippen molar-refractivity contribution in [1.82, 2.24) is 19.4 Å². The zero-order valence-electron chi connectivity index (χ0n) is 13.6. The Morgan fingerprint density at radius 3 is 2.65 bits per heavy atom. The number of nitrogens with zero attached hydrogens (tertiary/aromatic N) is 4. The van der Waals surface area contributed by atoms with Gasteiger partial charge in [0.2, 0.25) is 11.8 Å². The Kier molecular flexibility index (Phi) is 5.17. The molecule has 0 fully saturated rings. The van der Waals surface area contributed by atoms with E-state index in [4.69, 9.17) is 9.47 Å². The monoisotopic (exact) mass is 320 g/mol. The number of carboxylic acids is 1. The molecule has 1 atom stereocenters. The van der Waals surface area contributed by atoms with Crippen LogP contribution >= 0.6 is 0 Å². The van der Waals surface area contributed by atoms with Gasteiger partial charge in [0.25, 0.3) is 0 Å². The number of methoxy groups -OCH3 is 2. The molecule has 0 aliphatic heterocycles. The number of aromatic nitrogens is 3. The van der Waals surface area contributed by atoms with Crippen LogP contribution in [0.15, 0.2) is 24.5 Å². The third-order valence-electron chi connectivity index (χ3n) is 3.55. The average Bonchev–Trinajstić information content (AvgIpc) is 2.92. The van der Waals surface area contributed by atoms with E-state index in [-0.39, 0.29) is 5.88 Å². The SMILES string of the molecule is COc1ccc([C@H](C(=O)O)N(C)Cc2nccn2C)c(OC)n1. The molecule has 0 unspecified atom stereocenters. The molecule has 2 aromatic heterocycles. The fraction of sp³-hybridized carbons (Fsp3) is 0.400. The van der Waals surface area contributed by atoms with E-state index in [0.29, 0.717) is 18.0 Å². The maximum Gasteiger partial charge on any atom is 0.325 e. The van der Waals surface area contributed by atoms with E-state index in [0.717, 1.165) is 5.82 Å². The lowest BCUT2D eigenvalue weighted by molar-refractivity contribution is -0.143. The van der Waals surface area contributed by atoms with Crippen molar-refractivity contribution in [3.8, 4) is 11.8 Å². The van der Waals surface area contributed by atoms with Crippen LogP contribution in [0.2, 0.25) is 0 Å². The van der Waals surface area contributed by atoms with Crippen LogP contribution in [0.5, 0.6) is 11.8 Å². The fourth-order valence-electron chi connectivity index (χ4n) is 2.34. The molecule has 0 radical (unpaired) electrons. The summed E-state index contributed by atoms with van der Waals surface area (Å²) in [5.74, 6) is 0.357. The summed E-state index contributed by atoms with van der Waals surface area (Å²) in [4.78, 5) is 21.8. The van der Waals surface area contributed by atoms with Crippen LogP contribution in [0.25, 0.3) is 0 Å². The smallest absolute Gasteiger partial charge is 0.325 e. The molecule has 0 aromatic carbocycles. The Morgan fingerprint density at radius 2 is 2.13 bits per heavy atom. The summed E-state index contributed by atoms with van der Waals surface area (Å²) in [7, 11) is 6.52. The van der Waals surface area contributed by atoms with Crippen LogP contribution in [-0.2, 0) is 18.4 Å². The number of ether oxygens (including phenoxy) is 2. The minimum atomic E-state index is -0.994. The first-order valence-corrected chi connectivity index (χ1v) is 6.96. The molecule has 0 saturated heterocycles. The topological polar surface area (TPSA) is 89.7 Å². The van der Waals surface area contributed by atoms with E-state index in [1.807, 2.05) is 17.8 Å². The Morgan fingerprint density at radius 1 is 1.39 bits per heavy atom. The van der Waals surface area contributed by atoms with E-state index in [1.165, 1.54) is 14.2 Å².